The lowest BCUT2D eigenvalue weighted by molar-refractivity contribution is -0.279. The van der Waals surface area contributed by atoms with Crippen molar-refractivity contribution in [1.82, 2.24) is 0 Å². The Morgan fingerprint density at radius 2 is 1.29 bits per heavy atom. The van der Waals surface area contributed by atoms with Crippen molar-refractivity contribution in [3.8, 4) is 11.5 Å². The lowest BCUT2D eigenvalue weighted by Gasteiger charge is -2.43. The van der Waals surface area contributed by atoms with Crippen LogP contribution in [0.2, 0.25) is 18.1 Å². The van der Waals surface area contributed by atoms with Crippen LogP contribution in [-0.4, -0.2) is 58.5 Å². The van der Waals surface area contributed by atoms with Gasteiger partial charge in [-0.15, -0.1) is 0 Å². The highest BCUT2D eigenvalue weighted by atomic mass is 28.4. The second kappa shape index (κ2) is 20.2. The van der Waals surface area contributed by atoms with Crippen molar-refractivity contribution in [3.63, 3.8) is 0 Å². The molecule has 52 heavy (non-hydrogen) atoms. The molecule has 0 aromatic heterocycles. The molecule has 0 radical (unpaired) electrons. The highest BCUT2D eigenvalue weighted by molar-refractivity contribution is 6.73. The SMILES string of the molecule is CC[C@@H]1O[C@H](c2ccc(OC)cc2)O[C@@H]([C@@H](C)C(=O)[C@@H](C)C(=O)[C@@H](C)[C@@H](O[Si](CC)(CC)CC)[C@@H](C)[C@@H](OCc2ccc(OC)cc2)C(C)C)[C@@H]1C. The number of benzene rings is 2. The second-order valence-corrected chi connectivity index (χ2v) is 20.0. The van der Waals surface area contributed by atoms with Crippen LogP contribution in [0, 0.1) is 35.5 Å². The van der Waals surface area contributed by atoms with Crippen molar-refractivity contribution in [2.45, 2.75) is 138 Å². The minimum Gasteiger partial charge on any atom is -0.497 e. The zero-order valence-electron chi connectivity index (χ0n) is 34.3. The molecule has 0 amide bonds. The van der Waals surface area contributed by atoms with Crippen LogP contribution in [0.5, 0.6) is 11.5 Å². The molecule has 0 aliphatic carbocycles. The molecule has 9 heteroatoms. The summed E-state index contributed by atoms with van der Waals surface area (Å²) in [5.74, 6) is -0.427. The van der Waals surface area contributed by atoms with E-state index in [0.29, 0.717) is 6.61 Å². The molecular weight excluding hydrogens is 673 g/mol. The smallest absolute Gasteiger partial charge is 0.192 e. The molecule has 3 rings (SSSR count). The molecule has 0 spiro atoms. The van der Waals surface area contributed by atoms with Crippen molar-refractivity contribution in [2.75, 3.05) is 14.2 Å². The Kier molecular flexibility index (Phi) is 17.0. The third-order valence-corrected chi connectivity index (χ3v) is 16.5. The first-order valence-corrected chi connectivity index (χ1v) is 22.2. The largest absolute Gasteiger partial charge is 0.497 e. The average molecular weight is 741 g/mol. The highest BCUT2D eigenvalue weighted by Gasteiger charge is 2.46. The number of Topliss-reactive ketones (excluding diaryl/α,β-unsaturated/α-hetero) is 2. The number of hydrogen-bond donors (Lipinski definition) is 0. The van der Waals surface area contributed by atoms with Crippen molar-refractivity contribution < 1.29 is 37.7 Å². The summed E-state index contributed by atoms with van der Waals surface area (Å²) in [6.45, 7) is 23.3. The molecule has 0 bridgehead atoms. The third-order valence-electron chi connectivity index (χ3n) is 11.8. The van der Waals surface area contributed by atoms with E-state index < -0.39 is 44.6 Å². The number of ether oxygens (including phenoxy) is 5. The fraction of sp³-hybridized carbons (Fsp3) is 0.674. The molecule has 2 aromatic rings. The van der Waals surface area contributed by atoms with Crippen molar-refractivity contribution >= 4 is 19.9 Å². The van der Waals surface area contributed by atoms with Crippen LogP contribution in [0.25, 0.3) is 0 Å². The van der Waals surface area contributed by atoms with E-state index >= 15 is 0 Å². The van der Waals surface area contributed by atoms with Crippen LogP contribution in [-0.2, 0) is 34.8 Å². The van der Waals surface area contributed by atoms with Crippen LogP contribution in [0.3, 0.4) is 0 Å². The summed E-state index contributed by atoms with van der Waals surface area (Å²) in [5, 5.41) is 0. The maximum Gasteiger partial charge on any atom is 0.192 e. The topological polar surface area (TPSA) is 89.5 Å². The van der Waals surface area contributed by atoms with E-state index in [2.05, 4.69) is 55.4 Å². The summed E-state index contributed by atoms with van der Waals surface area (Å²) in [4.78, 5) is 28.9. The molecule has 8 nitrogen and oxygen atoms in total. The van der Waals surface area contributed by atoms with Crippen LogP contribution in [0.15, 0.2) is 48.5 Å². The van der Waals surface area contributed by atoms with E-state index in [0.717, 1.165) is 47.2 Å². The Morgan fingerprint density at radius 1 is 0.750 bits per heavy atom. The van der Waals surface area contributed by atoms with Gasteiger partial charge >= 0.3 is 0 Å². The zero-order chi connectivity index (χ0) is 38.7. The predicted octanol–water partition coefficient (Wildman–Crippen LogP) is 9.85. The molecule has 1 heterocycles. The minimum absolute atomic E-state index is 0.0331. The van der Waals surface area contributed by atoms with Gasteiger partial charge in [0, 0.05) is 29.2 Å². The molecule has 2 aromatic carbocycles. The first kappa shape index (κ1) is 43.8. The van der Waals surface area contributed by atoms with E-state index in [4.69, 9.17) is 28.1 Å². The Balaban J connectivity index is 1.87. The quantitative estimate of drug-likeness (QED) is 0.0924. The van der Waals surface area contributed by atoms with E-state index in [9.17, 15) is 9.59 Å². The fourth-order valence-electron chi connectivity index (χ4n) is 8.01. The summed E-state index contributed by atoms with van der Waals surface area (Å²) in [6, 6.07) is 18.4. The number of hydrogen-bond acceptors (Lipinski definition) is 8. The van der Waals surface area contributed by atoms with Crippen molar-refractivity contribution in [3.05, 3.63) is 59.7 Å². The fourth-order valence-corrected chi connectivity index (χ4v) is 11.0. The van der Waals surface area contributed by atoms with Gasteiger partial charge in [0.1, 0.15) is 23.1 Å². The normalized spacial score (nSPS) is 23.0. The Bertz CT molecular complexity index is 1370. The molecule has 1 fully saturated rings. The van der Waals surface area contributed by atoms with E-state index in [1.54, 1.807) is 21.1 Å². The van der Waals surface area contributed by atoms with E-state index in [-0.39, 0.29) is 41.5 Å². The molecule has 0 unspecified atom stereocenters. The van der Waals surface area contributed by atoms with Gasteiger partial charge in [0.05, 0.1) is 51.2 Å². The maximum atomic E-state index is 14.5. The molecule has 0 saturated carbocycles. The standard InChI is InChI=1S/C43H68O8Si/c1-14-37-28(7)41(50-43(49-37)34-20-24-36(47-13)25-21-34)30(9)38(44)29(8)39(45)31(10)42(51-52(15-2,16-3)17-4)32(11)40(27(5)6)48-26-33-18-22-35(46-12)23-19-33/h18-25,27-32,37,40-43H,14-17,26H2,1-13H3/t28-,29-,30+,31-,32+,37+,40+,41-,42-,43+/m1/s1. The van der Waals surface area contributed by atoms with Gasteiger partial charge in [-0.2, -0.15) is 0 Å². The predicted molar refractivity (Wildman–Crippen MR) is 210 cm³/mol. The Hall–Kier alpha value is -2.56. The zero-order valence-corrected chi connectivity index (χ0v) is 35.3. The van der Waals surface area contributed by atoms with Gasteiger partial charge in [0.15, 0.2) is 14.6 Å². The second-order valence-electron chi connectivity index (χ2n) is 15.3. The number of rotatable bonds is 21. The molecular formula is C43H68O8Si. The summed E-state index contributed by atoms with van der Waals surface area (Å²) < 4.78 is 37.5. The maximum absolute atomic E-state index is 14.5. The molecule has 1 aliphatic rings. The number of carbonyl (C=O) groups is 2. The number of ketones is 2. The van der Waals surface area contributed by atoms with Gasteiger partial charge < -0.3 is 28.1 Å². The lowest BCUT2D eigenvalue weighted by Crippen LogP contribution is -2.51. The highest BCUT2D eigenvalue weighted by Crippen LogP contribution is 2.40. The van der Waals surface area contributed by atoms with Gasteiger partial charge in [-0.05, 0) is 67.2 Å². The Morgan fingerprint density at radius 3 is 1.77 bits per heavy atom. The molecule has 292 valence electrons. The van der Waals surface area contributed by atoms with E-state index in [1.807, 2.05) is 62.4 Å². The Labute approximate surface area is 315 Å². The minimum atomic E-state index is -2.16. The molecule has 1 saturated heterocycles. The average Bonchev–Trinajstić information content (AvgIpc) is 3.17. The number of carbonyl (C=O) groups excluding carboxylic acids is 2. The monoisotopic (exact) mass is 740 g/mol. The lowest BCUT2D eigenvalue weighted by atomic mass is 9.76. The van der Waals surface area contributed by atoms with Crippen LogP contribution in [0.4, 0.5) is 0 Å². The van der Waals surface area contributed by atoms with Gasteiger partial charge in [-0.25, -0.2) is 0 Å². The van der Waals surface area contributed by atoms with E-state index in [1.165, 1.54) is 0 Å². The molecule has 0 N–H and O–H groups in total. The summed E-state index contributed by atoms with van der Waals surface area (Å²) in [7, 11) is 1.14. The summed E-state index contributed by atoms with van der Waals surface area (Å²) >= 11 is 0. The van der Waals surface area contributed by atoms with Crippen LogP contribution >= 0.6 is 0 Å². The molecule has 10 atom stereocenters. The van der Waals surface area contributed by atoms with Gasteiger partial charge in [-0.3, -0.25) is 9.59 Å². The van der Waals surface area contributed by atoms with Gasteiger partial charge in [0.25, 0.3) is 0 Å². The third kappa shape index (κ3) is 10.6. The van der Waals surface area contributed by atoms with Gasteiger partial charge in [-0.1, -0.05) is 93.5 Å². The van der Waals surface area contributed by atoms with Gasteiger partial charge in [0.2, 0.25) is 0 Å². The van der Waals surface area contributed by atoms with Crippen molar-refractivity contribution in [1.29, 1.82) is 0 Å². The van der Waals surface area contributed by atoms with Crippen LogP contribution < -0.4 is 9.47 Å². The summed E-state index contributed by atoms with van der Waals surface area (Å²) in [5.41, 5.74) is 1.92. The molecule has 1 aliphatic heterocycles. The van der Waals surface area contributed by atoms with Crippen LogP contribution in [0.1, 0.15) is 100.0 Å². The first-order chi connectivity index (χ1) is 24.7. The first-order valence-electron chi connectivity index (χ1n) is 19.7. The number of methoxy groups -OCH3 is 2. The van der Waals surface area contributed by atoms with Crippen molar-refractivity contribution in [2.24, 2.45) is 35.5 Å². The summed E-state index contributed by atoms with van der Waals surface area (Å²) in [6.07, 6.45) is -0.890.